The second-order valence-electron chi connectivity index (χ2n) is 3.39. The topological polar surface area (TPSA) is 0 Å². The summed E-state index contributed by atoms with van der Waals surface area (Å²) in [4.78, 5) is 0. The summed E-state index contributed by atoms with van der Waals surface area (Å²) in [5.74, 6) is 0. The van der Waals surface area contributed by atoms with Gasteiger partial charge in [-0.05, 0) is 12.1 Å². The summed E-state index contributed by atoms with van der Waals surface area (Å²) in [6.45, 7) is 5.74. The zero-order chi connectivity index (χ0) is 9.12. The predicted octanol–water partition coefficient (Wildman–Crippen LogP) is 3.41. The number of hydrogen-bond donors (Lipinski definition) is 0. The summed E-state index contributed by atoms with van der Waals surface area (Å²) in [6.07, 6.45) is -4.61. The van der Waals surface area contributed by atoms with Crippen molar-refractivity contribution in [1.29, 1.82) is 0 Å². The van der Waals surface area contributed by atoms with E-state index in [0.29, 0.717) is 6.04 Å². The van der Waals surface area contributed by atoms with Gasteiger partial charge in [-0.2, -0.15) is 13.2 Å². The molecule has 0 heterocycles. The van der Waals surface area contributed by atoms with E-state index in [9.17, 15) is 13.2 Å². The fourth-order valence-electron chi connectivity index (χ4n) is 0.608. The molecule has 0 atom stereocenters. The first-order chi connectivity index (χ1) is 4.77. The molecule has 67 valence electrons. The summed E-state index contributed by atoms with van der Waals surface area (Å²) in [5, 5.41) is 0. The van der Waals surface area contributed by atoms with E-state index in [0.717, 1.165) is 0 Å². The summed E-state index contributed by atoms with van der Waals surface area (Å²) < 4.78 is 35.2. The molecule has 0 aliphatic rings. The Hall–Kier alpha value is 0.00688. The minimum Gasteiger partial charge on any atom is -0.171 e. The summed E-state index contributed by atoms with van der Waals surface area (Å²) in [5.41, 5.74) is 0. The van der Waals surface area contributed by atoms with E-state index in [1.165, 1.54) is 0 Å². The van der Waals surface area contributed by atoms with Gasteiger partial charge in [0.1, 0.15) is 0 Å². The third kappa shape index (κ3) is 6.41. The zero-order valence-electron chi connectivity index (χ0n) is 7.13. The van der Waals surface area contributed by atoms with Gasteiger partial charge in [0, 0.05) is 6.42 Å². The highest BCUT2D eigenvalue weighted by atomic mass is 28.3. The molecule has 1 radical (unpaired) electrons. The predicted molar refractivity (Wildman–Crippen MR) is 42.9 cm³/mol. The van der Waals surface area contributed by atoms with E-state index in [4.69, 9.17) is 0 Å². The number of halogens is 3. The van der Waals surface area contributed by atoms with Crippen LogP contribution in [-0.4, -0.2) is 14.3 Å². The maximum Gasteiger partial charge on any atom is 0.388 e. The van der Waals surface area contributed by atoms with Gasteiger partial charge in [0.15, 0.2) is 0 Å². The minimum absolute atomic E-state index is 0.312. The maximum absolute atomic E-state index is 11.7. The molecule has 0 aliphatic carbocycles. The van der Waals surface area contributed by atoms with Crippen LogP contribution in [-0.2, 0) is 0 Å². The van der Waals surface area contributed by atoms with Gasteiger partial charge in [0.05, 0.1) is 8.07 Å². The van der Waals surface area contributed by atoms with Gasteiger partial charge in [-0.25, -0.2) is 0 Å². The first-order valence-corrected chi connectivity index (χ1v) is 6.92. The lowest BCUT2D eigenvalue weighted by atomic mass is 10.5. The van der Waals surface area contributed by atoms with Crippen molar-refractivity contribution in [2.45, 2.75) is 38.7 Å². The molecule has 0 aliphatic heterocycles. The quantitative estimate of drug-likeness (QED) is 0.588. The number of alkyl halides is 3. The van der Waals surface area contributed by atoms with Crippen LogP contribution in [0.1, 0.15) is 13.3 Å². The Morgan fingerprint density at radius 2 is 1.73 bits per heavy atom. The van der Waals surface area contributed by atoms with Gasteiger partial charge in [-0.3, -0.25) is 0 Å². The Kier molecular flexibility index (Phi) is 3.61. The highest BCUT2D eigenvalue weighted by Crippen LogP contribution is 2.26. The molecule has 0 N–H and O–H groups in total. The molecule has 0 spiro atoms. The second kappa shape index (κ2) is 3.60. The van der Waals surface area contributed by atoms with Crippen molar-refractivity contribution in [1.82, 2.24) is 0 Å². The molecule has 0 saturated carbocycles. The molecular formula is C7H14F3Si. The smallest absolute Gasteiger partial charge is 0.171 e. The zero-order valence-corrected chi connectivity index (χ0v) is 8.13. The Balaban J connectivity index is 3.70. The Morgan fingerprint density at radius 1 is 1.27 bits per heavy atom. The summed E-state index contributed by atoms with van der Waals surface area (Å²) >= 11 is 0. The second-order valence-corrected chi connectivity index (χ2v) is 8.45. The summed E-state index contributed by atoms with van der Waals surface area (Å²) in [6, 6.07) is 2.26. The molecule has 4 heteroatoms. The van der Waals surface area contributed by atoms with Crippen LogP contribution in [0.4, 0.5) is 13.2 Å². The lowest BCUT2D eigenvalue weighted by molar-refractivity contribution is -0.130. The molecule has 0 aromatic carbocycles. The number of hydrogen-bond acceptors (Lipinski definition) is 0. The highest BCUT2D eigenvalue weighted by molar-refractivity contribution is 6.80. The van der Waals surface area contributed by atoms with Crippen LogP contribution in [0.2, 0.25) is 19.1 Å². The molecular weight excluding hydrogens is 169 g/mol. The van der Waals surface area contributed by atoms with Crippen molar-refractivity contribution in [3.05, 3.63) is 6.04 Å². The molecule has 0 nitrogen and oxygen atoms in total. The lowest BCUT2D eigenvalue weighted by Crippen LogP contribution is -2.27. The van der Waals surface area contributed by atoms with E-state index in [2.05, 4.69) is 0 Å². The Bertz CT molecular complexity index is 117. The maximum atomic E-state index is 11.7. The SMILES string of the molecule is C[CH][Si](C)(C)CCC(F)(F)F. The monoisotopic (exact) mass is 183 g/mol. The molecule has 11 heavy (non-hydrogen) atoms. The Morgan fingerprint density at radius 3 is 2.00 bits per heavy atom. The van der Waals surface area contributed by atoms with Crippen LogP contribution in [0.3, 0.4) is 0 Å². The van der Waals surface area contributed by atoms with Crippen molar-refractivity contribution in [3.8, 4) is 0 Å². The number of rotatable bonds is 3. The molecule has 0 fully saturated rings. The van der Waals surface area contributed by atoms with Crippen LogP contribution in [0, 0.1) is 6.04 Å². The van der Waals surface area contributed by atoms with Crippen molar-refractivity contribution in [3.63, 3.8) is 0 Å². The van der Waals surface area contributed by atoms with Crippen molar-refractivity contribution < 1.29 is 13.2 Å². The normalized spacial score (nSPS) is 13.6. The van der Waals surface area contributed by atoms with Crippen LogP contribution < -0.4 is 0 Å². The van der Waals surface area contributed by atoms with Gasteiger partial charge in [0.2, 0.25) is 0 Å². The van der Waals surface area contributed by atoms with Crippen molar-refractivity contribution in [2.75, 3.05) is 0 Å². The van der Waals surface area contributed by atoms with Crippen LogP contribution in [0.15, 0.2) is 0 Å². The average molecular weight is 183 g/mol. The van der Waals surface area contributed by atoms with E-state index in [1.54, 1.807) is 0 Å². The van der Waals surface area contributed by atoms with E-state index >= 15 is 0 Å². The summed E-state index contributed by atoms with van der Waals surface area (Å²) in [7, 11) is -1.63. The van der Waals surface area contributed by atoms with Crippen molar-refractivity contribution in [2.24, 2.45) is 0 Å². The molecule has 0 amide bonds. The molecule has 0 saturated heterocycles. The molecule has 0 aromatic heterocycles. The third-order valence-electron chi connectivity index (χ3n) is 1.83. The van der Waals surface area contributed by atoms with E-state index in [1.807, 2.05) is 26.1 Å². The molecule has 0 unspecified atom stereocenters. The highest BCUT2D eigenvalue weighted by Gasteiger charge is 2.30. The fourth-order valence-corrected chi connectivity index (χ4v) is 1.82. The molecule has 0 aromatic rings. The largest absolute Gasteiger partial charge is 0.388 e. The van der Waals surface area contributed by atoms with Gasteiger partial charge >= 0.3 is 6.18 Å². The van der Waals surface area contributed by atoms with E-state index < -0.39 is 20.7 Å². The van der Waals surface area contributed by atoms with Crippen LogP contribution in [0.5, 0.6) is 0 Å². The van der Waals surface area contributed by atoms with Gasteiger partial charge in [-0.1, -0.05) is 20.0 Å². The molecule has 0 bridgehead atoms. The minimum atomic E-state index is -3.98. The van der Waals surface area contributed by atoms with E-state index in [-0.39, 0.29) is 0 Å². The standard InChI is InChI=1S/C7H14F3Si/c1-4-11(2,3)6-5-7(8,9)10/h4H,5-6H2,1-3H3. The van der Waals surface area contributed by atoms with Crippen molar-refractivity contribution >= 4 is 8.07 Å². The fraction of sp³-hybridized carbons (Fsp3) is 0.857. The van der Waals surface area contributed by atoms with Gasteiger partial charge in [-0.15, -0.1) is 0 Å². The lowest BCUT2D eigenvalue weighted by Gasteiger charge is -2.20. The van der Waals surface area contributed by atoms with Gasteiger partial charge in [0.25, 0.3) is 0 Å². The first-order valence-electron chi connectivity index (χ1n) is 3.64. The van der Waals surface area contributed by atoms with Gasteiger partial charge < -0.3 is 0 Å². The first kappa shape index (κ1) is 11.0. The average Bonchev–Trinajstić information content (AvgIpc) is 1.83. The molecule has 0 rings (SSSR count). The van der Waals surface area contributed by atoms with Crippen LogP contribution in [0.25, 0.3) is 0 Å². The third-order valence-corrected chi connectivity index (χ3v) is 4.94. The van der Waals surface area contributed by atoms with Crippen LogP contribution >= 0.6 is 0 Å². The Labute approximate surface area is 66.8 Å².